The highest BCUT2D eigenvalue weighted by Gasteiger charge is 2.47. The van der Waals surface area contributed by atoms with Gasteiger partial charge >= 0.3 is 0 Å². The number of likely N-dealkylation sites (N-methyl/N-ethyl adjacent to an activating group) is 1. The van der Waals surface area contributed by atoms with Gasteiger partial charge in [0.2, 0.25) is 0 Å². The number of amides is 1. The molecule has 0 radical (unpaired) electrons. The third kappa shape index (κ3) is 4.62. The first-order chi connectivity index (χ1) is 15.7. The van der Waals surface area contributed by atoms with E-state index in [1.165, 1.54) is 32.3 Å². The van der Waals surface area contributed by atoms with Crippen molar-refractivity contribution in [3.8, 4) is 17.2 Å². The number of methoxy groups -OCH3 is 3. The molecular weight excluding hydrogens is 448 g/mol. The standard InChI is InChI=1S/C24H27ClN2O6/c1-26(2)11-12-27-20(15-7-6-8-18(32-4)23(15)33-5)19(22(29)24(27)30)21(28)14-9-10-17(31-3)16(25)13-14/h6-10,13,20,28H,11-12H2,1-5H3/b21-19-/t20-/m0/s1. The summed E-state index contributed by atoms with van der Waals surface area (Å²) >= 11 is 6.24. The van der Waals surface area contributed by atoms with Crippen molar-refractivity contribution in [3.05, 3.63) is 58.1 Å². The number of benzene rings is 2. The molecule has 0 saturated carbocycles. The lowest BCUT2D eigenvalue weighted by molar-refractivity contribution is -0.140. The number of rotatable bonds is 8. The Balaban J connectivity index is 2.25. The van der Waals surface area contributed by atoms with Crippen LogP contribution < -0.4 is 14.2 Å². The zero-order valence-electron chi connectivity index (χ0n) is 19.2. The number of ketones is 1. The van der Waals surface area contributed by atoms with Crippen molar-refractivity contribution < 1.29 is 28.9 Å². The van der Waals surface area contributed by atoms with E-state index in [0.717, 1.165) is 0 Å². The number of hydrogen-bond acceptors (Lipinski definition) is 7. The monoisotopic (exact) mass is 474 g/mol. The van der Waals surface area contributed by atoms with Gasteiger partial charge in [0.15, 0.2) is 11.5 Å². The second kappa shape index (κ2) is 10.1. The van der Waals surface area contributed by atoms with E-state index in [4.69, 9.17) is 25.8 Å². The lowest BCUT2D eigenvalue weighted by Crippen LogP contribution is -2.35. The van der Waals surface area contributed by atoms with Crippen LogP contribution in [0.3, 0.4) is 0 Å². The fourth-order valence-corrected chi connectivity index (χ4v) is 4.10. The van der Waals surface area contributed by atoms with E-state index in [9.17, 15) is 14.7 Å². The Hall–Kier alpha value is -3.23. The molecule has 2 aromatic rings. The molecular formula is C24H27ClN2O6. The Kier molecular flexibility index (Phi) is 7.50. The summed E-state index contributed by atoms with van der Waals surface area (Å²) in [4.78, 5) is 29.6. The van der Waals surface area contributed by atoms with Gasteiger partial charge in [-0.3, -0.25) is 9.59 Å². The number of Topliss-reactive ketones (excluding diaryl/α,β-unsaturated/α-hetero) is 1. The van der Waals surface area contributed by atoms with Gasteiger partial charge in [-0.2, -0.15) is 0 Å². The molecule has 1 heterocycles. The molecule has 33 heavy (non-hydrogen) atoms. The first-order valence-corrected chi connectivity index (χ1v) is 10.6. The highest BCUT2D eigenvalue weighted by Crippen LogP contribution is 2.45. The third-order valence-corrected chi connectivity index (χ3v) is 5.78. The second-order valence-electron chi connectivity index (χ2n) is 7.73. The van der Waals surface area contributed by atoms with Gasteiger partial charge in [0, 0.05) is 24.2 Å². The largest absolute Gasteiger partial charge is 0.507 e. The van der Waals surface area contributed by atoms with Gasteiger partial charge < -0.3 is 29.1 Å². The fourth-order valence-electron chi connectivity index (χ4n) is 3.84. The van der Waals surface area contributed by atoms with Crippen molar-refractivity contribution in [2.45, 2.75) is 6.04 Å². The van der Waals surface area contributed by atoms with Gasteiger partial charge in [0.05, 0.1) is 38.0 Å². The van der Waals surface area contributed by atoms with E-state index in [1.54, 1.807) is 30.3 Å². The molecule has 1 atom stereocenters. The van der Waals surface area contributed by atoms with Crippen LogP contribution in [0.4, 0.5) is 0 Å². The third-order valence-electron chi connectivity index (χ3n) is 5.48. The molecule has 2 aromatic carbocycles. The molecule has 9 heteroatoms. The predicted molar refractivity (Wildman–Crippen MR) is 125 cm³/mol. The number of likely N-dealkylation sites (tertiary alicyclic amines) is 1. The maximum absolute atomic E-state index is 13.2. The van der Waals surface area contributed by atoms with Crippen LogP contribution in [0, 0.1) is 0 Å². The number of nitrogens with zero attached hydrogens (tertiary/aromatic N) is 2. The Labute approximate surface area is 197 Å². The number of halogens is 1. The van der Waals surface area contributed by atoms with E-state index in [0.29, 0.717) is 34.9 Å². The number of carbonyl (C=O) groups is 2. The van der Waals surface area contributed by atoms with Gasteiger partial charge in [-0.15, -0.1) is 0 Å². The predicted octanol–water partition coefficient (Wildman–Crippen LogP) is 3.35. The summed E-state index contributed by atoms with van der Waals surface area (Å²) in [6.07, 6.45) is 0. The van der Waals surface area contributed by atoms with E-state index in [1.807, 2.05) is 19.0 Å². The van der Waals surface area contributed by atoms with E-state index in [-0.39, 0.29) is 22.9 Å². The summed E-state index contributed by atoms with van der Waals surface area (Å²) in [5, 5.41) is 11.5. The summed E-state index contributed by atoms with van der Waals surface area (Å²) in [6, 6.07) is 8.98. The zero-order chi connectivity index (χ0) is 24.3. The summed E-state index contributed by atoms with van der Waals surface area (Å²) in [6.45, 7) is 0.785. The number of carbonyl (C=O) groups excluding carboxylic acids is 2. The average molecular weight is 475 g/mol. The van der Waals surface area contributed by atoms with Crippen molar-refractivity contribution in [1.29, 1.82) is 0 Å². The van der Waals surface area contributed by atoms with Gasteiger partial charge in [-0.25, -0.2) is 0 Å². The van der Waals surface area contributed by atoms with Crippen LogP contribution in [-0.4, -0.2) is 75.1 Å². The lowest BCUT2D eigenvalue weighted by Gasteiger charge is -2.28. The SMILES string of the molecule is COc1ccc(/C(O)=C2/C(=O)C(=O)N(CCN(C)C)[C@H]2c2cccc(OC)c2OC)cc1Cl. The molecule has 176 valence electrons. The minimum Gasteiger partial charge on any atom is -0.507 e. The highest BCUT2D eigenvalue weighted by atomic mass is 35.5. The molecule has 1 saturated heterocycles. The number of para-hydroxylation sites is 1. The molecule has 8 nitrogen and oxygen atoms in total. The quantitative estimate of drug-likeness (QED) is 0.356. The highest BCUT2D eigenvalue weighted by molar-refractivity contribution is 6.46. The Bertz CT molecular complexity index is 1100. The molecule has 1 N–H and O–H groups in total. The number of hydrogen-bond donors (Lipinski definition) is 1. The van der Waals surface area contributed by atoms with Gasteiger partial charge in [-0.05, 0) is 38.4 Å². The Morgan fingerprint density at radius 3 is 2.33 bits per heavy atom. The van der Waals surface area contributed by atoms with Crippen molar-refractivity contribution in [2.24, 2.45) is 0 Å². The van der Waals surface area contributed by atoms with Crippen LogP contribution in [-0.2, 0) is 9.59 Å². The maximum atomic E-state index is 13.2. The second-order valence-corrected chi connectivity index (χ2v) is 8.14. The molecule has 1 aliphatic rings. The fraction of sp³-hybridized carbons (Fsp3) is 0.333. The molecule has 0 aliphatic carbocycles. The topological polar surface area (TPSA) is 88.5 Å². The van der Waals surface area contributed by atoms with Crippen molar-refractivity contribution in [1.82, 2.24) is 9.80 Å². The summed E-state index contributed by atoms with van der Waals surface area (Å²) in [5.74, 6) is -0.576. The number of aliphatic hydroxyl groups excluding tert-OH is 1. The average Bonchev–Trinajstić information content (AvgIpc) is 3.06. The van der Waals surface area contributed by atoms with Crippen LogP contribution in [0.5, 0.6) is 17.2 Å². The lowest BCUT2D eigenvalue weighted by atomic mass is 9.94. The summed E-state index contributed by atoms with van der Waals surface area (Å²) < 4.78 is 16.2. The molecule has 0 spiro atoms. The van der Waals surface area contributed by atoms with Crippen molar-refractivity contribution in [2.75, 3.05) is 48.5 Å². The van der Waals surface area contributed by atoms with E-state index < -0.39 is 17.7 Å². The normalized spacial score (nSPS) is 17.5. The van der Waals surface area contributed by atoms with Crippen LogP contribution in [0.25, 0.3) is 5.76 Å². The zero-order valence-corrected chi connectivity index (χ0v) is 20.0. The first kappa shape index (κ1) is 24.4. The smallest absolute Gasteiger partial charge is 0.295 e. The minimum absolute atomic E-state index is 0.0495. The Morgan fingerprint density at radius 1 is 1.06 bits per heavy atom. The van der Waals surface area contributed by atoms with Gasteiger partial charge in [0.1, 0.15) is 11.5 Å². The van der Waals surface area contributed by atoms with Crippen LogP contribution in [0.2, 0.25) is 5.02 Å². The molecule has 1 amide bonds. The van der Waals surface area contributed by atoms with Crippen LogP contribution in [0.1, 0.15) is 17.2 Å². The molecule has 0 bridgehead atoms. The molecule has 0 aromatic heterocycles. The van der Waals surface area contributed by atoms with Gasteiger partial charge in [0.25, 0.3) is 11.7 Å². The molecule has 0 unspecified atom stereocenters. The van der Waals surface area contributed by atoms with E-state index in [2.05, 4.69) is 0 Å². The van der Waals surface area contributed by atoms with E-state index >= 15 is 0 Å². The maximum Gasteiger partial charge on any atom is 0.295 e. The summed E-state index contributed by atoms with van der Waals surface area (Å²) in [5.41, 5.74) is 0.765. The van der Waals surface area contributed by atoms with Crippen molar-refractivity contribution in [3.63, 3.8) is 0 Å². The Morgan fingerprint density at radius 2 is 1.76 bits per heavy atom. The molecule has 3 rings (SSSR count). The number of ether oxygens (including phenoxy) is 3. The molecule has 1 fully saturated rings. The first-order valence-electron chi connectivity index (χ1n) is 10.2. The van der Waals surface area contributed by atoms with Crippen LogP contribution in [0.15, 0.2) is 42.0 Å². The number of aliphatic hydroxyl groups is 1. The minimum atomic E-state index is -0.879. The summed E-state index contributed by atoms with van der Waals surface area (Å²) in [7, 11) is 8.21. The van der Waals surface area contributed by atoms with Crippen molar-refractivity contribution >= 4 is 29.1 Å². The van der Waals surface area contributed by atoms with Gasteiger partial charge in [-0.1, -0.05) is 23.7 Å². The van der Waals surface area contributed by atoms with Crippen LogP contribution >= 0.6 is 11.6 Å². The molecule has 1 aliphatic heterocycles.